The van der Waals surface area contributed by atoms with E-state index in [2.05, 4.69) is 26.6 Å². The summed E-state index contributed by atoms with van der Waals surface area (Å²) in [5.74, 6) is -0.0355. The van der Waals surface area contributed by atoms with Gasteiger partial charge in [-0.2, -0.15) is 0 Å². The Morgan fingerprint density at radius 3 is 2.47 bits per heavy atom. The zero-order valence-electron chi connectivity index (χ0n) is 9.31. The van der Waals surface area contributed by atoms with Crippen LogP contribution in [0.15, 0.2) is 0 Å². The molecular weight excluding hydrogens is 260 g/mol. The van der Waals surface area contributed by atoms with Crippen molar-refractivity contribution in [2.45, 2.75) is 39.2 Å². The third-order valence-electron chi connectivity index (χ3n) is 2.02. The summed E-state index contributed by atoms with van der Waals surface area (Å²) >= 11 is 3.17. The fourth-order valence-electron chi connectivity index (χ4n) is 0.939. The molecule has 5 heteroatoms. The van der Waals surface area contributed by atoms with Gasteiger partial charge in [-0.25, -0.2) is 0 Å². The number of carbonyl (C=O) groups excluding carboxylic acids is 2. The highest BCUT2D eigenvalue weighted by atomic mass is 79.9. The van der Waals surface area contributed by atoms with E-state index in [1.807, 2.05) is 13.8 Å². The molecule has 0 aromatic carbocycles. The van der Waals surface area contributed by atoms with E-state index in [9.17, 15) is 9.59 Å². The fourth-order valence-corrected chi connectivity index (χ4v) is 1.30. The standard InChI is InChI=1S/C10H19BrN2O2/c1-3-8(2)13-10(15)5-7-12-9(14)4-6-11/h8H,3-7H2,1-2H3,(H,12,14)(H,13,15). The molecule has 1 atom stereocenters. The van der Waals surface area contributed by atoms with Crippen LogP contribution in [0, 0.1) is 0 Å². The molecule has 88 valence electrons. The second-order valence-corrected chi connectivity index (χ2v) is 4.21. The van der Waals surface area contributed by atoms with Gasteiger partial charge in [0.2, 0.25) is 11.8 Å². The van der Waals surface area contributed by atoms with Crippen molar-refractivity contribution in [3.05, 3.63) is 0 Å². The normalized spacial score (nSPS) is 11.9. The lowest BCUT2D eigenvalue weighted by Gasteiger charge is -2.11. The topological polar surface area (TPSA) is 58.2 Å². The Hall–Kier alpha value is -0.580. The van der Waals surface area contributed by atoms with Crippen molar-refractivity contribution in [1.82, 2.24) is 10.6 Å². The summed E-state index contributed by atoms with van der Waals surface area (Å²) in [6.45, 7) is 4.39. The van der Waals surface area contributed by atoms with E-state index in [0.29, 0.717) is 24.7 Å². The molecular formula is C10H19BrN2O2. The number of nitrogens with one attached hydrogen (secondary N) is 2. The number of hydrogen-bond acceptors (Lipinski definition) is 2. The first kappa shape index (κ1) is 14.4. The summed E-state index contributed by atoms with van der Waals surface area (Å²) in [6, 6.07) is 0.204. The molecule has 0 saturated carbocycles. The van der Waals surface area contributed by atoms with Crippen LogP contribution >= 0.6 is 15.9 Å². The van der Waals surface area contributed by atoms with Crippen LogP contribution in [0.25, 0.3) is 0 Å². The highest BCUT2D eigenvalue weighted by Gasteiger charge is 2.05. The third kappa shape index (κ3) is 8.42. The minimum absolute atomic E-state index is 0.0107. The molecule has 2 N–H and O–H groups in total. The van der Waals surface area contributed by atoms with Crippen LogP contribution in [0.5, 0.6) is 0 Å². The summed E-state index contributed by atoms with van der Waals surface area (Å²) in [6.07, 6.45) is 1.72. The number of alkyl halides is 1. The molecule has 0 aliphatic rings. The maximum atomic E-state index is 11.3. The van der Waals surface area contributed by atoms with Crippen LogP contribution in [0.4, 0.5) is 0 Å². The molecule has 0 radical (unpaired) electrons. The van der Waals surface area contributed by atoms with Gasteiger partial charge in [-0.15, -0.1) is 0 Å². The number of halogens is 1. The molecule has 0 aliphatic carbocycles. The van der Waals surface area contributed by atoms with E-state index in [-0.39, 0.29) is 17.9 Å². The monoisotopic (exact) mass is 278 g/mol. The highest BCUT2D eigenvalue weighted by molar-refractivity contribution is 9.09. The SMILES string of the molecule is CCC(C)NC(=O)CCNC(=O)CCBr. The Kier molecular flexibility index (Phi) is 8.37. The van der Waals surface area contributed by atoms with Gasteiger partial charge in [0.15, 0.2) is 0 Å². The third-order valence-corrected chi connectivity index (χ3v) is 2.41. The first-order valence-electron chi connectivity index (χ1n) is 5.22. The Morgan fingerprint density at radius 1 is 1.27 bits per heavy atom. The maximum absolute atomic E-state index is 11.3. The molecule has 1 unspecified atom stereocenters. The zero-order valence-corrected chi connectivity index (χ0v) is 10.9. The van der Waals surface area contributed by atoms with Crippen LogP contribution in [0.2, 0.25) is 0 Å². The fraction of sp³-hybridized carbons (Fsp3) is 0.800. The molecule has 0 aromatic heterocycles. The smallest absolute Gasteiger partial charge is 0.221 e. The lowest BCUT2D eigenvalue weighted by atomic mass is 10.2. The summed E-state index contributed by atoms with van der Waals surface area (Å²) < 4.78 is 0. The molecule has 0 bridgehead atoms. The quantitative estimate of drug-likeness (QED) is 0.688. The molecule has 15 heavy (non-hydrogen) atoms. The van der Waals surface area contributed by atoms with Crippen molar-refractivity contribution in [1.29, 1.82) is 0 Å². The van der Waals surface area contributed by atoms with Crippen molar-refractivity contribution in [3.63, 3.8) is 0 Å². The first-order valence-corrected chi connectivity index (χ1v) is 6.34. The molecule has 0 saturated heterocycles. The Bertz CT molecular complexity index is 210. The average molecular weight is 279 g/mol. The zero-order chi connectivity index (χ0) is 11.7. The van der Waals surface area contributed by atoms with Gasteiger partial charge in [0.05, 0.1) is 0 Å². The average Bonchev–Trinajstić information content (AvgIpc) is 2.18. The Labute approximate surface area is 99.3 Å². The van der Waals surface area contributed by atoms with Gasteiger partial charge < -0.3 is 10.6 Å². The van der Waals surface area contributed by atoms with E-state index >= 15 is 0 Å². The number of amides is 2. The first-order chi connectivity index (χ1) is 7.10. The predicted octanol–water partition coefficient (Wildman–Crippen LogP) is 1.19. The van der Waals surface area contributed by atoms with Crippen LogP contribution in [0.1, 0.15) is 33.1 Å². The molecule has 0 fully saturated rings. The Balaban J connectivity index is 3.50. The van der Waals surface area contributed by atoms with Crippen LogP contribution < -0.4 is 10.6 Å². The van der Waals surface area contributed by atoms with E-state index in [0.717, 1.165) is 6.42 Å². The van der Waals surface area contributed by atoms with Crippen molar-refractivity contribution >= 4 is 27.7 Å². The van der Waals surface area contributed by atoms with E-state index < -0.39 is 0 Å². The van der Waals surface area contributed by atoms with E-state index in [1.54, 1.807) is 0 Å². The number of hydrogen-bond donors (Lipinski definition) is 2. The van der Waals surface area contributed by atoms with Gasteiger partial charge in [-0.1, -0.05) is 22.9 Å². The van der Waals surface area contributed by atoms with Gasteiger partial charge in [-0.05, 0) is 13.3 Å². The second kappa shape index (κ2) is 8.71. The molecule has 0 rings (SSSR count). The Morgan fingerprint density at radius 2 is 1.93 bits per heavy atom. The summed E-state index contributed by atoms with van der Waals surface area (Å²) in [4.78, 5) is 22.3. The number of rotatable bonds is 7. The van der Waals surface area contributed by atoms with Crippen LogP contribution in [-0.4, -0.2) is 29.7 Å². The largest absolute Gasteiger partial charge is 0.356 e. The minimum Gasteiger partial charge on any atom is -0.356 e. The van der Waals surface area contributed by atoms with Crippen LogP contribution in [-0.2, 0) is 9.59 Å². The van der Waals surface area contributed by atoms with Gasteiger partial charge in [0, 0.05) is 30.8 Å². The van der Waals surface area contributed by atoms with Crippen molar-refractivity contribution in [2.75, 3.05) is 11.9 Å². The molecule has 4 nitrogen and oxygen atoms in total. The van der Waals surface area contributed by atoms with Gasteiger partial charge in [0.25, 0.3) is 0 Å². The van der Waals surface area contributed by atoms with E-state index in [1.165, 1.54) is 0 Å². The summed E-state index contributed by atoms with van der Waals surface area (Å²) in [5.41, 5.74) is 0. The summed E-state index contributed by atoms with van der Waals surface area (Å²) in [7, 11) is 0. The lowest BCUT2D eigenvalue weighted by Crippen LogP contribution is -2.35. The molecule has 0 aromatic rings. The van der Waals surface area contributed by atoms with Gasteiger partial charge >= 0.3 is 0 Å². The minimum atomic E-state index is -0.0248. The van der Waals surface area contributed by atoms with Crippen molar-refractivity contribution < 1.29 is 9.59 Å². The lowest BCUT2D eigenvalue weighted by molar-refractivity contribution is -0.122. The second-order valence-electron chi connectivity index (χ2n) is 3.42. The maximum Gasteiger partial charge on any atom is 0.221 e. The van der Waals surface area contributed by atoms with Crippen molar-refractivity contribution in [3.8, 4) is 0 Å². The number of carbonyl (C=O) groups is 2. The molecule has 0 heterocycles. The molecule has 0 aliphatic heterocycles. The van der Waals surface area contributed by atoms with Crippen molar-refractivity contribution in [2.24, 2.45) is 0 Å². The molecule has 0 spiro atoms. The van der Waals surface area contributed by atoms with Gasteiger partial charge in [-0.3, -0.25) is 9.59 Å². The van der Waals surface area contributed by atoms with Gasteiger partial charge in [0.1, 0.15) is 0 Å². The summed E-state index contributed by atoms with van der Waals surface area (Å²) in [5, 5.41) is 6.16. The van der Waals surface area contributed by atoms with E-state index in [4.69, 9.17) is 0 Å². The predicted molar refractivity (Wildman–Crippen MR) is 63.9 cm³/mol. The molecule has 2 amide bonds. The highest BCUT2D eigenvalue weighted by Crippen LogP contribution is 1.90. The van der Waals surface area contributed by atoms with Crippen LogP contribution in [0.3, 0.4) is 0 Å².